The molecular formula is C11H11FN2O4. The van der Waals surface area contributed by atoms with Crippen LogP contribution in [-0.4, -0.2) is 35.8 Å². The Labute approximate surface area is 101 Å². The summed E-state index contributed by atoms with van der Waals surface area (Å²) in [5, 5.41) is 11.9. The maximum absolute atomic E-state index is 12.9. The van der Waals surface area contributed by atoms with Crippen molar-refractivity contribution in [3.63, 3.8) is 0 Å². The van der Waals surface area contributed by atoms with Crippen LogP contribution in [0.2, 0.25) is 0 Å². The Hall–Kier alpha value is -2.15. The minimum atomic E-state index is -1.32. The van der Waals surface area contributed by atoms with Crippen molar-refractivity contribution in [2.24, 2.45) is 0 Å². The quantitative estimate of drug-likeness (QED) is 0.789. The minimum absolute atomic E-state index is 0.0959. The zero-order valence-corrected chi connectivity index (χ0v) is 9.51. The van der Waals surface area contributed by atoms with Crippen LogP contribution in [0.3, 0.4) is 0 Å². The molecule has 0 radical (unpaired) electrons. The number of rotatable bonds is 4. The van der Waals surface area contributed by atoms with Crippen LogP contribution in [0.25, 0.3) is 11.1 Å². The number of fused-ring (bicyclic) bond motifs is 1. The van der Waals surface area contributed by atoms with Crippen molar-refractivity contribution in [1.82, 2.24) is 4.98 Å². The molecule has 0 saturated heterocycles. The van der Waals surface area contributed by atoms with Crippen molar-refractivity contribution in [3.8, 4) is 0 Å². The van der Waals surface area contributed by atoms with Gasteiger partial charge in [-0.3, -0.25) is 0 Å². The SMILES string of the molecule is COC(=O)[C@@H](O)CNc1nc2cc(F)ccc2o1. The van der Waals surface area contributed by atoms with Crippen LogP contribution >= 0.6 is 0 Å². The molecule has 1 heterocycles. The number of nitrogens with one attached hydrogen (secondary N) is 1. The number of methoxy groups -OCH3 is 1. The fourth-order valence-corrected chi connectivity index (χ4v) is 1.38. The number of nitrogens with zero attached hydrogens (tertiary/aromatic N) is 1. The molecule has 96 valence electrons. The number of aliphatic hydroxyl groups excluding tert-OH is 1. The first-order valence-corrected chi connectivity index (χ1v) is 5.16. The summed E-state index contributed by atoms with van der Waals surface area (Å²) in [4.78, 5) is 14.9. The third kappa shape index (κ3) is 2.57. The van der Waals surface area contributed by atoms with Gasteiger partial charge in [0.25, 0.3) is 6.01 Å². The van der Waals surface area contributed by atoms with Gasteiger partial charge in [-0.1, -0.05) is 0 Å². The number of aliphatic hydroxyl groups is 1. The van der Waals surface area contributed by atoms with Crippen molar-refractivity contribution >= 4 is 23.1 Å². The molecule has 7 heteroatoms. The predicted octanol–water partition coefficient (Wildman–Crippen LogP) is 0.913. The first-order valence-electron chi connectivity index (χ1n) is 5.16. The summed E-state index contributed by atoms with van der Waals surface area (Å²) in [6, 6.07) is 4.01. The predicted molar refractivity (Wildman–Crippen MR) is 60.5 cm³/mol. The fourth-order valence-electron chi connectivity index (χ4n) is 1.38. The van der Waals surface area contributed by atoms with Gasteiger partial charge in [0.2, 0.25) is 0 Å². The Morgan fingerprint density at radius 3 is 3.17 bits per heavy atom. The highest BCUT2D eigenvalue weighted by Gasteiger charge is 2.16. The van der Waals surface area contributed by atoms with E-state index in [0.717, 1.165) is 0 Å². The van der Waals surface area contributed by atoms with Crippen molar-refractivity contribution in [2.45, 2.75) is 6.10 Å². The monoisotopic (exact) mass is 254 g/mol. The lowest BCUT2D eigenvalue weighted by molar-refractivity contribution is -0.149. The maximum atomic E-state index is 12.9. The molecule has 2 rings (SSSR count). The second kappa shape index (κ2) is 5.01. The first kappa shape index (κ1) is 12.3. The lowest BCUT2D eigenvalue weighted by atomic mass is 10.3. The van der Waals surface area contributed by atoms with Crippen LogP contribution in [0.15, 0.2) is 22.6 Å². The molecule has 0 spiro atoms. The molecule has 0 fully saturated rings. The van der Waals surface area contributed by atoms with Crippen molar-refractivity contribution in [3.05, 3.63) is 24.0 Å². The highest BCUT2D eigenvalue weighted by atomic mass is 19.1. The number of aromatic nitrogens is 1. The lowest BCUT2D eigenvalue weighted by Crippen LogP contribution is -2.29. The summed E-state index contributed by atoms with van der Waals surface area (Å²) in [6.07, 6.45) is -1.32. The van der Waals surface area contributed by atoms with E-state index in [-0.39, 0.29) is 12.6 Å². The van der Waals surface area contributed by atoms with Gasteiger partial charge in [-0.05, 0) is 12.1 Å². The van der Waals surface area contributed by atoms with Crippen LogP contribution in [0.5, 0.6) is 0 Å². The van der Waals surface area contributed by atoms with Gasteiger partial charge in [0.15, 0.2) is 11.7 Å². The average molecular weight is 254 g/mol. The van der Waals surface area contributed by atoms with E-state index >= 15 is 0 Å². The van der Waals surface area contributed by atoms with Gasteiger partial charge in [-0.15, -0.1) is 0 Å². The molecule has 0 saturated carbocycles. The second-order valence-electron chi connectivity index (χ2n) is 3.55. The molecule has 6 nitrogen and oxygen atoms in total. The molecule has 1 atom stereocenters. The first-order chi connectivity index (χ1) is 8.60. The number of hydrogen-bond donors (Lipinski definition) is 2. The summed E-state index contributed by atoms with van der Waals surface area (Å²) in [5.41, 5.74) is 0.761. The van der Waals surface area contributed by atoms with Gasteiger partial charge in [0.1, 0.15) is 11.3 Å². The van der Waals surface area contributed by atoms with Gasteiger partial charge >= 0.3 is 5.97 Å². The number of carbonyl (C=O) groups excluding carboxylic acids is 1. The molecule has 2 aromatic rings. The number of carbonyl (C=O) groups is 1. The fraction of sp³-hybridized carbons (Fsp3) is 0.273. The number of hydrogen-bond acceptors (Lipinski definition) is 6. The number of ether oxygens (including phenoxy) is 1. The molecule has 2 N–H and O–H groups in total. The number of anilines is 1. The van der Waals surface area contributed by atoms with E-state index in [2.05, 4.69) is 15.0 Å². The van der Waals surface area contributed by atoms with Crippen molar-refractivity contribution < 1.29 is 23.4 Å². The Morgan fingerprint density at radius 2 is 2.44 bits per heavy atom. The Bertz CT molecular complexity index is 569. The zero-order valence-electron chi connectivity index (χ0n) is 9.51. The Morgan fingerprint density at radius 1 is 1.67 bits per heavy atom. The molecule has 0 amide bonds. The normalized spacial score (nSPS) is 12.4. The summed E-state index contributed by atoms with van der Waals surface area (Å²) in [5.74, 6) is -1.18. The number of oxazole rings is 1. The smallest absolute Gasteiger partial charge is 0.336 e. The largest absolute Gasteiger partial charge is 0.467 e. The van der Waals surface area contributed by atoms with Crippen LogP contribution in [0.1, 0.15) is 0 Å². The molecule has 1 aromatic heterocycles. The number of benzene rings is 1. The van der Waals surface area contributed by atoms with Gasteiger partial charge in [-0.25, -0.2) is 9.18 Å². The summed E-state index contributed by atoms with van der Waals surface area (Å²) < 4.78 is 22.5. The molecule has 1 aromatic carbocycles. The molecule has 0 bridgehead atoms. The third-order valence-electron chi connectivity index (χ3n) is 2.27. The molecular weight excluding hydrogens is 243 g/mol. The molecule has 0 unspecified atom stereocenters. The summed E-state index contributed by atoms with van der Waals surface area (Å²) >= 11 is 0. The highest BCUT2D eigenvalue weighted by molar-refractivity contribution is 5.76. The average Bonchev–Trinajstić information content (AvgIpc) is 2.76. The van der Waals surface area contributed by atoms with Crippen LogP contribution in [0.4, 0.5) is 10.4 Å². The van der Waals surface area contributed by atoms with E-state index in [1.165, 1.54) is 25.3 Å². The number of esters is 1. The van der Waals surface area contributed by atoms with Crippen LogP contribution in [0, 0.1) is 5.82 Å². The van der Waals surface area contributed by atoms with E-state index in [1.807, 2.05) is 0 Å². The Balaban J connectivity index is 2.06. The molecule has 18 heavy (non-hydrogen) atoms. The van der Waals surface area contributed by atoms with Crippen LogP contribution < -0.4 is 5.32 Å². The zero-order chi connectivity index (χ0) is 13.1. The van der Waals surface area contributed by atoms with Gasteiger partial charge < -0.3 is 19.6 Å². The second-order valence-corrected chi connectivity index (χ2v) is 3.55. The third-order valence-corrected chi connectivity index (χ3v) is 2.27. The van der Waals surface area contributed by atoms with E-state index < -0.39 is 17.9 Å². The van der Waals surface area contributed by atoms with E-state index in [4.69, 9.17) is 4.42 Å². The Kier molecular flexibility index (Phi) is 3.42. The van der Waals surface area contributed by atoms with Gasteiger partial charge in [-0.2, -0.15) is 4.98 Å². The van der Waals surface area contributed by atoms with Crippen LogP contribution in [-0.2, 0) is 9.53 Å². The highest BCUT2D eigenvalue weighted by Crippen LogP contribution is 2.19. The molecule has 0 aliphatic carbocycles. The van der Waals surface area contributed by atoms with E-state index in [1.54, 1.807) is 0 Å². The minimum Gasteiger partial charge on any atom is -0.467 e. The van der Waals surface area contributed by atoms with E-state index in [0.29, 0.717) is 11.1 Å². The number of halogens is 1. The van der Waals surface area contributed by atoms with Gasteiger partial charge in [0.05, 0.1) is 13.7 Å². The lowest BCUT2D eigenvalue weighted by Gasteiger charge is -2.07. The summed E-state index contributed by atoms with van der Waals surface area (Å²) in [7, 11) is 1.17. The maximum Gasteiger partial charge on any atom is 0.336 e. The van der Waals surface area contributed by atoms with E-state index in [9.17, 15) is 14.3 Å². The molecule has 0 aliphatic rings. The van der Waals surface area contributed by atoms with Crippen molar-refractivity contribution in [2.75, 3.05) is 19.0 Å². The standard InChI is InChI=1S/C11H11FN2O4/c1-17-10(16)8(15)5-13-11-14-7-4-6(12)2-3-9(7)18-11/h2-4,8,15H,5H2,1H3,(H,13,14)/t8-/m0/s1. The van der Waals surface area contributed by atoms with Crippen molar-refractivity contribution in [1.29, 1.82) is 0 Å². The topological polar surface area (TPSA) is 84.6 Å². The molecule has 0 aliphatic heterocycles. The van der Waals surface area contributed by atoms with Gasteiger partial charge in [0, 0.05) is 6.07 Å². The summed E-state index contributed by atoms with van der Waals surface area (Å²) in [6.45, 7) is -0.109.